The van der Waals surface area contributed by atoms with Crippen LogP contribution in [-0.4, -0.2) is 66.5 Å². The third-order valence-electron chi connectivity index (χ3n) is 7.30. The van der Waals surface area contributed by atoms with Crippen molar-refractivity contribution >= 4 is 11.5 Å². The number of hydrogen-bond donors (Lipinski definition) is 0. The number of likely N-dealkylation sites (N-methyl/N-ethyl adjacent to an activating group) is 1. The quantitative estimate of drug-likeness (QED) is 0.471. The van der Waals surface area contributed by atoms with Crippen LogP contribution in [0, 0.1) is 5.92 Å². The first-order valence-electron chi connectivity index (χ1n) is 12.0. The maximum atomic E-state index is 5.04. The molecule has 0 amide bonds. The molecule has 3 fully saturated rings. The highest BCUT2D eigenvalue weighted by atomic mass is 15.3. The van der Waals surface area contributed by atoms with Gasteiger partial charge in [0.25, 0.3) is 0 Å². The molecule has 2 saturated carbocycles. The lowest BCUT2D eigenvalue weighted by Crippen LogP contribution is -2.44. The molecule has 5 rings (SSSR count). The molecule has 0 N–H and O–H groups in total. The highest BCUT2D eigenvalue weighted by molar-refractivity contribution is 6.12. The van der Waals surface area contributed by atoms with E-state index in [1.54, 1.807) is 0 Å². The van der Waals surface area contributed by atoms with Crippen molar-refractivity contribution in [3.8, 4) is 0 Å². The van der Waals surface area contributed by atoms with E-state index in [2.05, 4.69) is 70.7 Å². The van der Waals surface area contributed by atoms with Gasteiger partial charge in [0.05, 0.1) is 17.1 Å². The van der Waals surface area contributed by atoms with E-state index in [-0.39, 0.29) is 0 Å². The van der Waals surface area contributed by atoms with Crippen LogP contribution >= 0.6 is 0 Å². The van der Waals surface area contributed by atoms with Crippen molar-refractivity contribution in [1.82, 2.24) is 14.7 Å². The first-order valence-corrected chi connectivity index (χ1v) is 12.0. The number of fused-ring (bicyclic) bond motifs is 1. The van der Waals surface area contributed by atoms with E-state index in [0.717, 1.165) is 43.4 Å². The standard InChI is InChI=1S/C27H35N5/c1-19(20(2)21-8-9-21)16-24(28-3)25-17-26(22-6-5-7-22)32-18-23(10-11-27(32)29-25)31-14-12-30(4)13-15-31/h10-11,16-18,21H,2,5-9,12-15H2,1,3-4H3/b19-16+,28-24?. The summed E-state index contributed by atoms with van der Waals surface area (Å²) in [4.78, 5) is 16.8. The summed E-state index contributed by atoms with van der Waals surface area (Å²) in [5.41, 5.74) is 8.48. The third-order valence-corrected chi connectivity index (χ3v) is 7.30. The van der Waals surface area contributed by atoms with Gasteiger partial charge < -0.3 is 9.80 Å². The number of hydrogen-bond acceptors (Lipinski definition) is 5. The van der Waals surface area contributed by atoms with Crippen LogP contribution in [0.4, 0.5) is 0 Å². The monoisotopic (exact) mass is 429 g/mol. The Kier molecular flexibility index (Phi) is 5.76. The van der Waals surface area contributed by atoms with Crippen molar-refractivity contribution in [2.75, 3.05) is 40.3 Å². The molecule has 0 bridgehead atoms. The zero-order valence-electron chi connectivity index (χ0n) is 19.8. The summed E-state index contributed by atoms with van der Waals surface area (Å²) < 4.78 is 0. The predicted molar refractivity (Wildman–Crippen MR) is 134 cm³/mol. The second-order valence-electron chi connectivity index (χ2n) is 9.63. The molecule has 3 heterocycles. The van der Waals surface area contributed by atoms with Gasteiger partial charge in [-0.15, -0.1) is 0 Å². The van der Waals surface area contributed by atoms with Crippen LogP contribution in [0.1, 0.15) is 39.0 Å². The van der Waals surface area contributed by atoms with Crippen LogP contribution in [-0.2, 0) is 0 Å². The zero-order chi connectivity index (χ0) is 22.2. The van der Waals surface area contributed by atoms with E-state index >= 15 is 0 Å². The first-order chi connectivity index (χ1) is 15.5. The summed E-state index contributed by atoms with van der Waals surface area (Å²) in [5, 5.41) is 0. The Bertz CT molecular complexity index is 1010. The molecule has 32 heavy (non-hydrogen) atoms. The van der Waals surface area contributed by atoms with Crippen LogP contribution in [0.15, 0.2) is 80.9 Å². The van der Waals surface area contributed by atoms with E-state index in [4.69, 9.17) is 4.99 Å². The van der Waals surface area contributed by atoms with Crippen molar-refractivity contribution < 1.29 is 0 Å². The molecule has 168 valence electrons. The summed E-state index contributed by atoms with van der Waals surface area (Å²) in [5.74, 6) is 1.65. The Morgan fingerprint density at radius 3 is 2.53 bits per heavy atom. The summed E-state index contributed by atoms with van der Waals surface area (Å²) in [6.45, 7) is 10.8. The van der Waals surface area contributed by atoms with Gasteiger partial charge in [0, 0.05) is 45.1 Å². The molecule has 5 aliphatic rings. The van der Waals surface area contributed by atoms with Gasteiger partial charge in [-0.05, 0) is 93.0 Å². The number of aliphatic imine (C=N–C) groups is 2. The zero-order valence-corrected chi connectivity index (χ0v) is 19.8. The van der Waals surface area contributed by atoms with Gasteiger partial charge in [-0.1, -0.05) is 6.58 Å². The maximum Gasteiger partial charge on any atom is 0.137 e. The SMILES string of the molecule is C=C(/C(C)=C/C(=NC)C1=CC(=C2CCC2)N2C=C(N3CCN(C)CC3)C=CC2=N1)C1CC1. The molecule has 2 aliphatic carbocycles. The summed E-state index contributed by atoms with van der Waals surface area (Å²) >= 11 is 0. The van der Waals surface area contributed by atoms with Gasteiger partial charge >= 0.3 is 0 Å². The van der Waals surface area contributed by atoms with Crippen molar-refractivity contribution in [1.29, 1.82) is 0 Å². The Labute approximate surface area is 192 Å². The van der Waals surface area contributed by atoms with Gasteiger partial charge in [-0.25, -0.2) is 4.99 Å². The molecule has 5 nitrogen and oxygen atoms in total. The largest absolute Gasteiger partial charge is 0.368 e. The van der Waals surface area contributed by atoms with E-state index in [9.17, 15) is 0 Å². The Balaban J connectivity index is 1.44. The first kappa shape index (κ1) is 21.2. The second-order valence-corrected chi connectivity index (χ2v) is 9.63. The number of rotatable bonds is 5. The van der Waals surface area contributed by atoms with Crippen molar-refractivity contribution in [3.63, 3.8) is 0 Å². The van der Waals surface area contributed by atoms with Crippen LogP contribution in [0.2, 0.25) is 0 Å². The number of piperazine rings is 1. The lowest BCUT2D eigenvalue weighted by atomic mass is 9.89. The molecule has 3 aliphatic heterocycles. The van der Waals surface area contributed by atoms with Crippen molar-refractivity contribution in [3.05, 3.63) is 70.9 Å². The van der Waals surface area contributed by atoms with E-state index in [1.807, 2.05) is 7.05 Å². The van der Waals surface area contributed by atoms with Crippen molar-refractivity contribution in [2.45, 2.75) is 39.0 Å². The molecular weight excluding hydrogens is 394 g/mol. The van der Waals surface area contributed by atoms with E-state index in [0.29, 0.717) is 5.92 Å². The lowest BCUT2D eigenvalue weighted by molar-refractivity contribution is 0.188. The Morgan fingerprint density at radius 2 is 1.91 bits per heavy atom. The van der Waals surface area contributed by atoms with Crippen LogP contribution in [0.5, 0.6) is 0 Å². The molecule has 5 heteroatoms. The summed E-state index contributed by atoms with van der Waals surface area (Å²) in [6.07, 6.45) is 17.3. The second kappa shape index (κ2) is 8.70. The van der Waals surface area contributed by atoms with Gasteiger partial charge in [-0.3, -0.25) is 9.89 Å². The fourth-order valence-electron chi connectivity index (χ4n) is 4.69. The predicted octanol–water partition coefficient (Wildman–Crippen LogP) is 4.66. The fourth-order valence-corrected chi connectivity index (χ4v) is 4.69. The minimum Gasteiger partial charge on any atom is -0.368 e. The molecule has 0 radical (unpaired) electrons. The minimum absolute atomic E-state index is 0.665. The highest BCUT2D eigenvalue weighted by Crippen LogP contribution is 2.39. The van der Waals surface area contributed by atoms with Gasteiger partial charge in [0.15, 0.2) is 0 Å². The van der Waals surface area contributed by atoms with Crippen LogP contribution in [0.3, 0.4) is 0 Å². The lowest BCUT2D eigenvalue weighted by Gasteiger charge is -2.38. The van der Waals surface area contributed by atoms with E-state index < -0.39 is 0 Å². The van der Waals surface area contributed by atoms with Gasteiger partial charge in [0.1, 0.15) is 5.84 Å². The third kappa shape index (κ3) is 4.18. The molecular formula is C27H35N5. The van der Waals surface area contributed by atoms with Crippen LogP contribution in [0.25, 0.3) is 0 Å². The molecule has 0 aromatic heterocycles. The normalized spacial score (nSPS) is 24.7. The number of nitrogens with zero attached hydrogens (tertiary/aromatic N) is 5. The highest BCUT2D eigenvalue weighted by Gasteiger charge is 2.29. The fraction of sp³-hybridized carbons (Fsp3) is 0.481. The van der Waals surface area contributed by atoms with Gasteiger partial charge in [-0.2, -0.15) is 0 Å². The molecule has 0 atom stereocenters. The number of amidine groups is 1. The molecule has 0 spiro atoms. The molecule has 0 unspecified atom stereocenters. The summed E-state index contributed by atoms with van der Waals surface area (Å²) in [6, 6.07) is 0. The summed E-state index contributed by atoms with van der Waals surface area (Å²) in [7, 11) is 4.07. The van der Waals surface area contributed by atoms with Crippen molar-refractivity contribution in [2.24, 2.45) is 15.9 Å². The Morgan fingerprint density at radius 1 is 1.16 bits per heavy atom. The van der Waals surface area contributed by atoms with E-state index in [1.165, 1.54) is 60.2 Å². The molecule has 1 saturated heterocycles. The molecule has 0 aromatic rings. The Hall–Kier alpha value is -2.66. The van der Waals surface area contributed by atoms with Gasteiger partial charge in [0.2, 0.25) is 0 Å². The maximum absolute atomic E-state index is 5.04. The topological polar surface area (TPSA) is 34.4 Å². The average Bonchev–Trinajstić information content (AvgIpc) is 3.61. The molecule has 0 aromatic carbocycles. The van der Waals surface area contributed by atoms with Crippen LogP contribution < -0.4 is 0 Å². The smallest absolute Gasteiger partial charge is 0.137 e. The average molecular weight is 430 g/mol. The number of allylic oxidation sites excluding steroid dienone is 6. The minimum atomic E-state index is 0.665.